The third-order valence-corrected chi connectivity index (χ3v) is 4.06. The van der Waals surface area contributed by atoms with Gasteiger partial charge in [-0.15, -0.1) is 0 Å². The van der Waals surface area contributed by atoms with Crippen LogP contribution in [0.4, 0.5) is 19.1 Å². The van der Waals surface area contributed by atoms with Gasteiger partial charge in [0.25, 0.3) is 0 Å². The Kier molecular flexibility index (Phi) is 3.76. The standard InChI is InChI=1S/C16H16F3N3/c1-10-6-7-11-4-2-3-5-12(11)14(10)22-15-20-9-8-13(21-15)16(17,18)19/h2-5,8-10,14H,6-7H2,1H3,(H,20,21,22)/t10-,14+/m0/s1. The Morgan fingerprint density at radius 2 is 1.95 bits per heavy atom. The zero-order valence-electron chi connectivity index (χ0n) is 12.1. The fourth-order valence-electron chi connectivity index (χ4n) is 2.87. The van der Waals surface area contributed by atoms with E-state index < -0.39 is 11.9 Å². The molecular weight excluding hydrogens is 291 g/mol. The van der Waals surface area contributed by atoms with Gasteiger partial charge in [-0.2, -0.15) is 13.2 Å². The Labute approximate surface area is 126 Å². The fraction of sp³-hybridized carbons (Fsp3) is 0.375. The average molecular weight is 307 g/mol. The second kappa shape index (κ2) is 5.59. The molecule has 3 nitrogen and oxygen atoms in total. The van der Waals surface area contributed by atoms with E-state index in [4.69, 9.17) is 0 Å². The molecule has 1 aromatic heterocycles. The molecule has 0 spiro atoms. The van der Waals surface area contributed by atoms with E-state index in [9.17, 15) is 13.2 Å². The second-order valence-corrected chi connectivity index (χ2v) is 5.60. The molecule has 3 rings (SSSR count). The third-order valence-electron chi connectivity index (χ3n) is 4.06. The lowest BCUT2D eigenvalue weighted by molar-refractivity contribution is -0.141. The fourth-order valence-corrected chi connectivity index (χ4v) is 2.87. The number of nitrogens with one attached hydrogen (secondary N) is 1. The molecule has 0 saturated heterocycles. The quantitative estimate of drug-likeness (QED) is 0.902. The van der Waals surface area contributed by atoms with Crippen LogP contribution < -0.4 is 5.32 Å². The van der Waals surface area contributed by atoms with Crippen LogP contribution in [-0.4, -0.2) is 9.97 Å². The van der Waals surface area contributed by atoms with Gasteiger partial charge in [0.05, 0.1) is 6.04 Å². The topological polar surface area (TPSA) is 37.8 Å². The predicted octanol–water partition coefficient (Wildman–Crippen LogP) is 4.23. The van der Waals surface area contributed by atoms with E-state index in [1.165, 1.54) is 5.56 Å². The number of rotatable bonds is 2. The summed E-state index contributed by atoms with van der Waals surface area (Å²) in [4.78, 5) is 7.53. The summed E-state index contributed by atoms with van der Waals surface area (Å²) < 4.78 is 38.2. The first-order chi connectivity index (χ1) is 10.4. The van der Waals surface area contributed by atoms with Crippen molar-refractivity contribution in [3.63, 3.8) is 0 Å². The van der Waals surface area contributed by atoms with Crippen LogP contribution >= 0.6 is 0 Å². The Hall–Kier alpha value is -2.11. The molecule has 2 atom stereocenters. The molecule has 2 aromatic rings. The highest BCUT2D eigenvalue weighted by Crippen LogP contribution is 2.36. The van der Waals surface area contributed by atoms with Crippen LogP contribution in [0.1, 0.15) is 36.2 Å². The third kappa shape index (κ3) is 2.91. The largest absolute Gasteiger partial charge is 0.433 e. The maximum absolute atomic E-state index is 12.7. The maximum Gasteiger partial charge on any atom is 0.433 e. The molecule has 0 unspecified atom stereocenters. The smallest absolute Gasteiger partial charge is 0.347 e. The van der Waals surface area contributed by atoms with Gasteiger partial charge in [-0.25, -0.2) is 9.97 Å². The number of halogens is 3. The number of fused-ring (bicyclic) bond motifs is 1. The van der Waals surface area contributed by atoms with Crippen LogP contribution in [0.5, 0.6) is 0 Å². The van der Waals surface area contributed by atoms with Crippen molar-refractivity contribution in [3.8, 4) is 0 Å². The summed E-state index contributed by atoms with van der Waals surface area (Å²) in [5, 5.41) is 3.08. The van der Waals surface area contributed by atoms with Gasteiger partial charge in [0.15, 0.2) is 0 Å². The monoisotopic (exact) mass is 307 g/mol. The minimum Gasteiger partial charge on any atom is -0.347 e. The number of hydrogen-bond acceptors (Lipinski definition) is 3. The molecule has 1 heterocycles. The molecule has 0 fully saturated rings. The van der Waals surface area contributed by atoms with E-state index in [0.717, 1.165) is 30.7 Å². The van der Waals surface area contributed by atoms with E-state index in [2.05, 4.69) is 28.3 Å². The number of aryl methyl sites for hydroxylation is 1. The Balaban J connectivity index is 1.90. The van der Waals surface area contributed by atoms with Crippen LogP contribution in [0.15, 0.2) is 36.5 Å². The Bertz CT molecular complexity index is 670. The van der Waals surface area contributed by atoms with Crippen LogP contribution in [0, 0.1) is 5.92 Å². The van der Waals surface area contributed by atoms with Crippen molar-refractivity contribution < 1.29 is 13.2 Å². The highest BCUT2D eigenvalue weighted by molar-refractivity contribution is 5.39. The highest BCUT2D eigenvalue weighted by atomic mass is 19.4. The zero-order valence-corrected chi connectivity index (χ0v) is 12.1. The molecule has 1 aromatic carbocycles. The van der Waals surface area contributed by atoms with Crippen molar-refractivity contribution in [2.45, 2.75) is 32.0 Å². The minimum absolute atomic E-state index is 0.0170. The van der Waals surface area contributed by atoms with E-state index >= 15 is 0 Å². The number of anilines is 1. The molecule has 0 amide bonds. The van der Waals surface area contributed by atoms with Gasteiger partial charge < -0.3 is 5.32 Å². The molecule has 22 heavy (non-hydrogen) atoms. The van der Waals surface area contributed by atoms with Gasteiger partial charge in [0.2, 0.25) is 5.95 Å². The predicted molar refractivity (Wildman–Crippen MR) is 77.3 cm³/mol. The molecule has 1 aliphatic carbocycles. The van der Waals surface area contributed by atoms with Crippen molar-refractivity contribution in [1.29, 1.82) is 0 Å². The summed E-state index contributed by atoms with van der Waals surface area (Å²) in [7, 11) is 0. The zero-order chi connectivity index (χ0) is 15.7. The lowest BCUT2D eigenvalue weighted by atomic mass is 9.81. The van der Waals surface area contributed by atoms with Crippen molar-refractivity contribution in [2.24, 2.45) is 5.92 Å². The van der Waals surface area contributed by atoms with Crippen molar-refractivity contribution in [3.05, 3.63) is 53.3 Å². The van der Waals surface area contributed by atoms with E-state index in [-0.39, 0.29) is 12.0 Å². The van der Waals surface area contributed by atoms with Gasteiger partial charge >= 0.3 is 6.18 Å². The maximum atomic E-state index is 12.7. The number of benzene rings is 1. The second-order valence-electron chi connectivity index (χ2n) is 5.60. The van der Waals surface area contributed by atoms with Gasteiger partial charge in [-0.3, -0.25) is 0 Å². The van der Waals surface area contributed by atoms with Gasteiger partial charge in [-0.1, -0.05) is 31.2 Å². The van der Waals surface area contributed by atoms with Crippen molar-refractivity contribution in [2.75, 3.05) is 5.32 Å². The van der Waals surface area contributed by atoms with Crippen LogP contribution in [0.3, 0.4) is 0 Å². The number of alkyl halides is 3. The minimum atomic E-state index is -4.46. The normalized spacial score (nSPS) is 21.3. The molecule has 0 aliphatic heterocycles. The first-order valence-electron chi connectivity index (χ1n) is 7.20. The summed E-state index contributed by atoms with van der Waals surface area (Å²) in [6, 6.07) is 8.79. The molecular formula is C16H16F3N3. The summed E-state index contributed by atoms with van der Waals surface area (Å²) in [6.45, 7) is 2.08. The lowest BCUT2D eigenvalue weighted by Gasteiger charge is -2.32. The summed E-state index contributed by atoms with van der Waals surface area (Å²) >= 11 is 0. The molecule has 6 heteroatoms. The average Bonchev–Trinajstić information content (AvgIpc) is 2.50. The molecule has 0 bridgehead atoms. The molecule has 1 N–H and O–H groups in total. The van der Waals surface area contributed by atoms with E-state index in [1.54, 1.807) is 0 Å². The molecule has 1 aliphatic rings. The summed E-state index contributed by atoms with van der Waals surface area (Å²) in [5.74, 6) is 0.316. The molecule has 116 valence electrons. The number of nitrogens with zero attached hydrogens (tertiary/aromatic N) is 2. The summed E-state index contributed by atoms with van der Waals surface area (Å²) in [5.41, 5.74) is 1.41. The number of hydrogen-bond donors (Lipinski definition) is 1. The van der Waals surface area contributed by atoms with Crippen LogP contribution in [0.25, 0.3) is 0 Å². The van der Waals surface area contributed by atoms with Gasteiger partial charge in [0.1, 0.15) is 5.69 Å². The number of aromatic nitrogens is 2. The molecule has 0 saturated carbocycles. The highest BCUT2D eigenvalue weighted by Gasteiger charge is 2.33. The summed E-state index contributed by atoms with van der Waals surface area (Å²) in [6.07, 6.45) is -1.36. The van der Waals surface area contributed by atoms with E-state index in [0.29, 0.717) is 5.92 Å². The lowest BCUT2D eigenvalue weighted by Crippen LogP contribution is -2.26. The van der Waals surface area contributed by atoms with Crippen LogP contribution in [0.2, 0.25) is 0 Å². The van der Waals surface area contributed by atoms with Gasteiger partial charge in [0, 0.05) is 6.20 Å². The first-order valence-corrected chi connectivity index (χ1v) is 7.20. The Morgan fingerprint density at radius 3 is 2.73 bits per heavy atom. The van der Waals surface area contributed by atoms with Gasteiger partial charge in [-0.05, 0) is 36.0 Å². The molecule has 0 radical (unpaired) electrons. The van der Waals surface area contributed by atoms with E-state index in [1.807, 2.05) is 18.2 Å². The SMILES string of the molecule is C[C@H]1CCc2ccccc2[C@@H]1Nc1nccc(C(F)(F)F)n1. The first kappa shape index (κ1) is 14.8. The van der Waals surface area contributed by atoms with Crippen LogP contribution in [-0.2, 0) is 12.6 Å². The van der Waals surface area contributed by atoms with Crippen molar-refractivity contribution >= 4 is 5.95 Å². The Morgan fingerprint density at radius 1 is 1.18 bits per heavy atom. The van der Waals surface area contributed by atoms with Crippen molar-refractivity contribution in [1.82, 2.24) is 9.97 Å².